The number of nitrogens with two attached hydrogens (primary N) is 1. The van der Waals surface area contributed by atoms with Crippen molar-refractivity contribution in [1.29, 1.82) is 0 Å². The molecule has 0 aliphatic rings. The van der Waals surface area contributed by atoms with E-state index in [1.165, 1.54) is 0 Å². The van der Waals surface area contributed by atoms with Crippen LogP contribution in [0.15, 0.2) is 12.2 Å². The minimum atomic E-state index is -0.889. The summed E-state index contributed by atoms with van der Waals surface area (Å²) in [6, 6.07) is 0. The molecule has 15 heavy (non-hydrogen) atoms. The summed E-state index contributed by atoms with van der Waals surface area (Å²) >= 11 is 0. The Hall–Kier alpha value is -1.36. The Morgan fingerprint density at radius 3 is 2.60 bits per heavy atom. The molecule has 1 unspecified atom stereocenters. The fourth-order valence-electron chi connectivity index (χ4n) is 0.939. The third-order valence-corrected chi connectivity index (χ3v) is 1.96. The van der Waals surface area contributed by atoms with E-state index in [2.05, 4.69) is 5.32 Å². The van der Waals surface area contributed by atoms with Crippen LogP contribution in [0.3, 0.4) is 0 Å². The van der Waals surface area contributed by atoms with E-state index >= 15 is 0 Å². The number of aliphatic carboxylic acids is 1. The Kier molecular flexibility index (Phi) is 7.27. The predicted molar refractivity (Wildman–Crippen MR) is 57.2 cm³/mol. The largest absolute Gasteiger partial charge is 0.481 e. The van der Waals surface area contributed by atoms with Gasteiger partial charge in [0.1, 0.15) is 0 Å². The molecule has 0 rings (SSSR count). The second-order valence-corrected chi connectivity index (χ2v) is 3.14. The van der Waals surface area contributed by atoms with E-state index in [0.29, 0.717) is 19.4 Å². The number of carboxylic acids is 1. The number of allylic oxidation sites excluding steroid dienone is 1. The van der Waals surface area contributed by atoms with Gasteiger partial charge >= 0.3 is 5.97 Å². The number of carbonyl (C=O) groups excluding carboxylic acids is 1. The van der Waals surface area contributed by atoms with Gasteiger partial charge in [0.2, 0.25) is 5.91 Å². The van der Waals surface area contributed by atoms with Crippen molar-refractivity contribution in [1.82, 2.24) is 5.32 Å². The number of nitrogens with one attached hydrogen (secondary N) is 1. The number of hydrogen-bond acceptors (Lipinski definition) is 3. The SMILES string of the molecule is CCC(=O)NC/C=C/CC(CN)C(=O)O. The molecule has 0 fully saturated rings. The quantitative estimate of drug-likeness (QED) is 0.525. The number of carbonyl (C=O) groups is 2. The highest BCUT2D eigenvalue weighted by molar-refractivity contribution is 5.75. The Morgan fingerprint density at radius 2 is 2.13 bits per heavy atom. The van der Waals surface area contributed by atoms with Gasteiger partial charge in [0.15, 0.2) is 0 Å². The summed E-state index contributed by atoms with van der Waals surface area (Å²) in [5.74, 6) is -1.45. The highest BCUT2D eigenvalue weighted by Gasteiger charge is 2.12. The summed E-state index contributed by atoms with van der Waals surface area (Å²) in [6.07, 6.45) is 4.31. The van der Waals surface area contributed by atoms with Crippen LogP contribution in [-0.4, -0.2) is 30.1 Å². The Labute approximate surface area is 89.3 Å². The molecule has 0 bridgehead atoms. The van der Waals surface area contributed by atoms with Gasteiger partial charge in [0, 0.05) is 19.5 Å². The molecular formula is C10H18N2O3. The molecule has 1 atom stereocenters. The van der Waals surface area contributed by atoms with Gasteiger partial charge in [-0.25, -0.2) is 0 Å². The van der Waals surface area contributed by atoms with Crippen LogP contribution in [0.5, 0.6) is 0 Å². The van der Waals surface area contributed by atoms with Crippen molar-refractivity contribution in [3.63, 3.8) is 0 Å². The zero-order valence-electron chi connectivity index (χ0n) is 8.90. The lowest BCUT2D eigenvalue weighted by atomic mass is 10.1. The van der Waals surface area contributed by atoms with E-state index in [1.807, 2.05) is 0 Å². The summed E-state index contributed by atoms with van der Waals surface area (Å²) in [7, 11) is 0. The lowest BCUT2D eigenvalue weighted by Gasteiger charge is -2.05. The van der Waals surface area contributed by atoms with Crippen LogP contribution in [-0.2, 0) is 9.59 Å². The summed E-state index contributed by atoms with van der Waals surface area (Å²) in [5.41, 5.74) is 5.27. The minimum absolute atomic E-state index is 0.0201. The number of rotatable bonds is 7. The molecule has 0 spiro atoms. The van der Waals surface area contributed by atoms with Crippen LogP contribution in [0.4, 0.5) is 0 Å². The van der Waals surface area contributed by atoms with Crippen molar-refractivity contribution in [2.24, 2.45) is 11.7 Å². The van der Waals surface area contributed by atoms with Gasteiger partial charge in [-0.1, -0.05) is 19.1 Å². The second kappa shape index (κ2) is 7.99. The molecule has 0 saturated carbocycles. The average Bonchev–Trinajstić information content (AvgIpc) is 2.22. The molecule has 0 saturated heterocycles. The van der Waals surface area contributed by atoms with Gasteiger partial charge in [-0.2, -0.15) is 0 Å². The normalized spacial score (nSPS) is 12.7. The summed E-state index contributed by atoms with van der Waals surface area (Å²) in [4.78, 5) is 21.4. The van der Waals surface area contributed by atoms with E-state index in [9.17, 15) is 9.59 Å². The van der Waals surface area contributed by atoms with Crippen molar-refractivity contribution in [2.45, 2.75) is 19.8 Å². The van der Waals surface area contributed by atoms with Crippen molar-refractivity contribution in [2.75, 3.05) is 13.1 Å². The van der Waals surface area contributed by atoms with Gasteiger partial charge in [-0.3, -0.25) is 9.59 Å². The third kappa shape index (κ3) is 6.68. The molecule has 0 radical (unpaired) electrons. The van der Waals surface area contributed by atoms with Crippen molar-refractivity contribution in [3.8, 4) is 0 Å². The van der Waals surface area contributed by atoms with Crippen molar-refractivity contribution in [3.05, 3.63) is 12.2 Å². The van der Waals surface area contributed by atoms with Gasteiger partial charge in [0.05, 0.1) is 5.92 Å². The lowest BCUT2D eigenvalue weighted by Crippen LogP contribution is -2.23. The van der Waals surface area contributed by atoms with E-state index in [1.54, 1.807) is 19.1 Å². The van der Waals surface area contributed by atoms with Crippen LogP contribution >= 0.6 is 0 Å². The zero-order chi connectivity index (χ0) is 11.7. The number of hydrogen-bond donors (Lipinski definition) is 3. The predicted octanol–water partition coefficient (Wildman–Crippen LogP) is 0.118. The molecule has 0 aromatic rings. The van der Waals surface area contributed by atoms with E-state index in [0.717, 1.165) is 0 Å². The molecule has 5 nitrogen and oxygen atoms in total. The van der Waals surface area contributed by atoms with Gasteiger partial charge < -0.3 is 16.2 Å². The van der Waals surface area contributed by atoms with E-state index in [-0.39, 0.29) is 12.5 Å². The van der Waals surface area contributed by atoms with Crippen LogP contribution < -0.4 is 11.1 Å². The standard InChI is InChI=1S/C10H18N2O3/c1-2-9(13)12-6-4-3-5-8(7-11)10(14)15/h3-4,8H,2,5-7,11H2,1H3,(H,12,13)(H,14,15)/b4-3+. The van der Waals surface area contributed by atoms with Gasteiger partial charge in [-0.05, 0) is 6.42 Å². The maximum Gasteiger partial charge on any atom is 0.308 e. The molecule has 4 N–H and O–H groups in total. The van der Waals surface area contributed by atoms with E-state index in [4.69, 9.17) is 10.8 Å². The molecule has 86 valence electrons. The highest BCUT2D eigenvalue weighted by atomic mass is 16.4. The van der Waals surface area contributed by atoms with Crippen LogP contribution in [0.2, 0.25) is 0 Å². The maximum absolute atomic E-state index is 10.8. The third-order valence-electron chi connectivity index (χ3n) is 1.96. The first-order valence-electron chi connectivity index (χ1n) is 4.96. The van der Waals surface area contributed by atoms with Crippen molar-refractivity contribution < 1.29 is 14.7 Å². The minimum Gasteiger partial charge on any atom is -0.481 e. The van der Waals surface area contributed by atoms with Gasteiger partial charge in [-0.15, -0.1) is 0 Å². The van der Waals surface area contributed by atoms with E-state index < -0.39 is 11.9 Å². The fraction of sp³-hybridized carbons (Fsp3) is 0.600. The highest BCUT2D eigenvalue weighted by Crippen LogP contribution is 2.01. The second-order valence-electron chi connectivity index (χ2n) is 3.14. The van der Waals surface area contributed by atoms with Gasteiger partial charge in [0.25, 0.3) is 0 Å². The first-order chi connectivity index (χ1) is 7.11. The number of amides is 1. The fourth-order valence-corrected chi connectivity index (χ4v) is 0.939. The Morgan fingerprint density at radius 1 is 1.47 bits per heavy atom. The average molecular weight is 214 g/mol. The van der Waals surface area contributed by atoms with Crippen LogP contribution in [0, 0.1) is 5.92 Å². The Bertz CT molecular complexity index is 239. The lowest BCUT2D eigenvalue weighted by molar-refractivity contribution is -0.141. The smallest absolute Gasteiger partial charge is 0.308 e. The summed E-state index contributed by atoms with van der Waals surface area (Å²) < 4.78 is 0. The molecule has 0 aliphatic heterocycles. The monoisotopic (exact) mass is 214 g/mol. The van der Waals surface area contributed by atoms with Crippen molar-refractivity contribution >= 4 is 11.9 Å². The molecule has 5 heteroatoms. The van der Waals surface area contributed by atoms with Crippen LogP contribution in [0.25, 0.3) is 0 Å². The molecule has 0 aliphatic carbocycles. The maximum atomic E-state index is 10.8. The van der Waals surface area contributed by atoms with Crippen LogP contribution in [0.1, 0.15) is 19.8 Å². The zero-order valence-corrected chi connectivity index (χ0v) is 8.90. The molecule has 0 heterocycles. The topological polar surface area (TPSA) is 92.4 Å². The Balaban J connectivity index is 3.69. The first-order valence-corrected chi connectivity index (χ1v) is 4.96. The molecule has 1 amide bonds. The molecule has 0 aromatic heterocycles. The molecular weight excluding hydrogens is 196 g/mol. The summed E-state index contributed by atoms with van der Waals surface area (Å²) in [6.45, 7) is 2.33. The number of carboxylic acid groups (broad SMARTS) is 1. The summed E-state index contributed by atoms with van der Waals surface area (Å²) in [5, 5.41) is 11.3. The molecule has 0 aromatic carbocycles. The first kappa shape index (κ1) is 13.6.